The fourth-order valence-corrected chi connectivity index (χ4v) is 5.73. The van der Waals surface area contributed by atoms with E-state index in [1.165, 1.54) is 19.3 Å². The van der Waals surface area contributed by atoms with Gasteiger partial charge in [0.05, 0.1) is 19.3 Å². The van der Waals surface area contributed by atoms with Crippen molar-refractivity contribution in [3.63, 3.8) is 0 Å². The summed E-state index contributed by atoms with van der Waals surface area (Å²) in [6.07, 6.45) is 47.6. The van der Waals surface area contributed by atoms with Gasteiger partial charge in [-0.15, -0.1) is 0 Å². The van der Waals surface area contributed by atoms with Crippen LogP contribution in [0.3, 0.4) is 0 Å². The summed E-state index contributed by atoms with van der Waals surface area (Å²) >= 11 is 0. The highest BCUT2D eigenvalue weighted by atomic mass is 31.2. The molecule has 0 saturated carbocycles. The summed E-state index contributed by atoms with van der Waals surface area (Å²) in [5.41, 5.74) is 5.32. The van der Waals surface area contributed by atoms with Crippen molar-refractivity contribution in [2.75, 3.05) is 19.8 Å². The van der Waals surface area contributed by atoms with E-state index < -0.39 is 57.7 Å². The molecule has 5 N–H and O–H groups in total. The lowest BCUT2D eigenvalue weighted by atomic mass is 10.1. The zero-order valence-corrected chi connectivity index (χ0v) is 36.6. The molecule has 12 nitrogen and oxygen atoms in total. The number of carboxylic acid groups (broad SMARTS) is 1. The molecule has 0 fully saturated rings. The Kier molecular flexibility index (Phi) is 37.3. The number of phosphoric acid groups is 1. The zero-order chi connectivity index (χ0) is 43.7. The van der Waals surface area contributed by atoms with Gasteiger partial charge in [-0.3, -0.25) is 23.4 Å². The van der Waals surface area contributed by atoms with Crippen molar-refractivity contribution in [3.8, 4) is 0 Å². The van der Waals surface area contributed by atoms with Crippen LogP contribution < -0.4 is 5.73 Å². The third kappa shape index (κ3) is 40.9. The van der Waals surface area contributed by atoms with E-state index >= 15 is 0 Å². The Morgan fingerprint density at radius 2 is 1.00 bits per heavy atom. The van der Waals surface area contributed by atoms with Crippen molar-refractivity contribution in [1.29, 1.82) is 0 Å². The lowest BCUT2D eigenvalue weighted by Gasteiger charge is -2.20. The van der Waals surface area contributed by atoms with Crippen molar-refractivity contribution in [2.45, 2.75) is 154 Å². The van der Waals surface area contributed by atoms with Crippen LogP contribution in [0.1, 0.15) is 136 Å². The number of hydrogen-bond donors (Lipinski definition) is 4. The Morgan fingerprint density at radius 3 is 1.44 bits per heavy atom. The van der Waals surface area contributed by atoms with Gasteiger partial charge >= 0.3 is 25.7 Å². The number of rotatable bonds is 38. The van der Waals surface area contributed by atoms with Gasteiger partial charge < -0.3 is 30.3 Å². The Labute approximate surface area is 354 Å². The molecule has 0 spiro atoms. The summed E-state index contributed by atoms with van der Waals surface area (Å²) in [6, 6.07) is -1.55. The largest absolute Gasteiger partial charge is 0.480 e. The van der Waals surface area contributed by atoms with Crippen LogP contribution in [0.4, 0.5) is 0 Å². The lowest BCUT2D eigenvalue weighted by Crippen LogP contribution is -2.34. The van der Waals surface area contributed by atoms with Crippen LogP contribution in [-0.2, 0) is 37.5 Å². The van der Waals surface area contributed by atoms with E-state index in [2.05, 4.69) is 84.4 Å². The molecule has 0 bridgehead atoms. The molecule has 0 aromatic heterocycles. The minimum Gasteiger partial charge on any atom is -0.480 e. The fraction of sp³-hybridized carbons (Fsp3) is 0.587. The van der Waals surface area contributed by atoms with Gasteiger partial charge in [-0.05, 0) is 103 Å². The highest BCUT2D eigenvalue weighted by Crippen LogP contribution is 2.43. The van der Waals surface area contributed by atoms with E-state index in [4.69, 9.17) is 24.8 Å². The first kappa shape index (κ1) is 55.4. The van der Waals surface area contributed by atoms with E-state index in [1.807, 2.05) is 24.3 Å². The SMILES string of the molecule is CCCCC/C=C\C/C=C\C/C=C\C/C=C\CCCC(=O)OC[C@H](COP(=O)(O)OC[C@H](N)C(=O)O)OC(=O)CCC/C=C\C/C=C\C/C=C\C/C=C\CCC[C@H](C)O. The number of aliphatic carboxylic acids is 1. The van der Waals surface area contributed by atoms with Crippen molar-refractivity contribution < 1.29 is 52.6 Å². The third-order valence-corrected chi connectivity index (χ3v) is 9.27. The minimum absolute atomic E-state index is 0.0558. The average Bonchev–Trinajstić information content (AvgIpc) is 3.20. The zero-order valence-electron chi connectivity index (χ0n) is 35.7. The Bertz CT molecular complexity index is 1380. The predicted octanol–water partition coefficient (Wildman–Crippen LogP) is 10.2. The number of aliphatic hydroxyl groups excluding tert-OH is 1. The van der Waals surface area contributed by atoms with Gasteiger partial charge in [-0.2, -0.15) is 0 Å². The number of hydrogen-bond acceptors (Lipinski definition) is 10. The average molecular weight is 848 g/mol. The predicted molar refractivity (Wildman–Crippen MR) is 236 cm³/mol. The number of allylic oxidation sites excluding steroid dienone is 16. The van der Waals surface area contributed by atoms with Gasteiger partial charge in [0, 0.05) is 12.8 Å². The molecule has 0 aromatic rings. The summed E-state index contributed by atoms with van der Waals surface area (Å²) in [5, 5.41) is 18.1. The summed E-state index contributed by atoms with van der Waals surface area (Å²) in [5.74, 6) is -2.56. The van der Waals surface area contributed by atoms with Crippen LogP contribution >= 0.6 is 7.82 Å². The first-order chi connectivity index (χ1) is 28.5. The fourth-order valence-electron chi connectivity index (χ4n) is 4.95. The van der Waals surface area contributed by atoms with E-state index in [-0.39, 0.29) is 18.9 Å². The summed E-state index contributed by atoms with van der Waals surface area (Å²) in [7, 11) is -4.76. The number of carboxylic acids is 1. The Morgan fingerprint density at radius 1 is 0.593 bits per heavy atom. The monoisotopic (exact) mass is 847 g/mol. The first-order valence-corrected chi connectivity index (χ1v) is 22.8. The molecule has 0 radical (unpaired) electrons. The number of unbranched alkanes of at least 4 members (excludes halogenated alkanes) is 6. The second-order valence-corrected chi connectivity index (χ2v) is 15.5. The van der Waals surface area contributed by atoms with Crippen LogP contribution in [0, 0.1) is 0 Å². The van der Waals surface area contributed by atoms with Crippen LogP contribution in [0.25, 0.3) is 0 Å². The molecule has 0 aliphatic heterocycles. The van der Waals surface area contributed by atoms with Gasteiger partial charge in [0.15, 0.2) is 6.10 Å². The normalized spacial score (nSPS) is 15.2. The molecule has 59 heavy (non-hydrogen) atoms. The molecule has 0 rings (SSSR count). The molecule has 13 heteroatoms. The topological polar surface area (TPSA) is 192 Å². The maximum atomic E-state index is 12.6. The highest BCUT2D eigenvalue weighted by molar-refractivity contribution is 7.47. The summed E-state index contributed by atoms with van der Waals surface area (Å²) < 4.78 is 32.5. The molecule has 0 aromatic carbocycles. The Balaban J connectivity index is 4.59. The first-order valence-electron chi connectivity index (χ1n) is 21.3. The number of ether oxygens (including phenoxy) is 2. The summed E-state index contributed by atoms with van der Waals surface area (Å²) in [4.78, 5) is 45.9. The van der Waals surface area contributed by atoms with Crippen molar-refractivity contribution in [3.05, 3.63) is 97.2 Å². The van der Waals surface area contributed by atoms with Gasteiger partial charge in [0.2, 0.25) is 0 Å². The van der Waals surface area contributed by atoms with Gasteiger partial charge in [0.25, 0.3) is 0 Å². The second-order valence-electron chi connectivity index (χ2n) is 14.0. The second kappa shape index (κ2) is 39.8. The van der Waals surface area contributed by atoms with E-state index in [0.29, 0.717) is 25.7 Å². The van der Waals surface area contributed by atoms with E-state index in [9.17, 15) is 28.9 Å². The minimum atomic E-state index is -4.76. The molecular weight excluding hydrogens is 773 g/mol. The quantitative estimate of drug-likeness (QED) is 0.0199. The van der Waals surface area contributed by atoms with Gasteiger partial charge in [0.1, 0.15) is 12.6 Å². The highest BCUT2D eigenvalue weighted by Gasteiger charge is 2.28. The maximum absolute atomic E-state index is 12.6. The van der Waals surface area contributed by atoms with Gasteiger partial charge in [-0.25, -0.2) is 4.57 Å². The van der Waals surface area contributed by atoms with Crippen LogP contribution in [-0.4, -0.2) is 71.1 Å². The van der Waals surface area contributed by atoms with Crippen LogP contribution in [0.5, 0.6) is 0 Å². The number of aliphatic hydroxyl groups is 1. The molecule has 0 aliphatic carbocycles. The maximum Gasteiger partial charge on any atom is 0.472 e. The summed E-state index contributed by atoms with van der Waals surface area (Å²) in [6.45, 7) is 2.18. The third-order valence-electron chi connectivity index (χ3n) is 8.32. The lowest BCUT2D eigenvalue weighted by molar-refractivity contribution is -0.161. The number of carbonyl (C=O) groups excluding carboxylic acids is 2. The molecule has 334 valence electrons. The van der Waals surface area contributed by atoms with Crippen molar-refractivity contribution in [1.82, 2.24) is 0 Å². The molecule has 0 heterocycles. The number of esters is 2. The number of nitrogens with two attached hydrogens (primary N) is 1. The van der Waals surface area contributed by atoms with Crippen LogP contribution in [0.2, 0.25) is 0 Å². The molecule has 4 atom stereocenters. The number of carbonyl (C=O) groups is 3. The Hall–Kier alpha value is -3.64. The van der Waals surface area contributed by atoms with Crippen molar-refractivity contribution >= 4 is 25.7 Å². The van der Waals surface area contributed by atoms with Crippen LogP contribution in [0.15, 0.2) is 97.2 Å². The van der Waals surface area contributed by atoms with Crippen molar-refractivity contribution in [2.24, 2.45) is 5.73 Å². The van der Waals surface area contributed by atoms with E-state index in [0.717, 1.165) is 64.2 Å². The molecule has 0 saturated heterocycles. The van der Waals surface area contributed by atoms with Gasteiger partial charge in [-0.1, -0.05) is 117 Å². The van der Waals surface area contributed by atoms with E-state index in [1.54, 1.807) is 6.92 Å². The smallest absolute Gasteiger partial charge is 0.472 e. The molecule has 0 amide bonds. The molecular formula is C46H74NO11P. The molecule has 1 unspecified atom stereocenters. The molecule has 0 aliphatic rings. The standard InChI is InChI=1S/C46H74NO11P/c1-3-4-5-6-7-8-9-10-11-12-15-18-21-24-27-30-33-36-44(49)55-38-42(39-56-59(53,54)57-40-43(47)46(51)52)58-45(50)37-34-31-28-25-22-19-16-13-14-17-20-23-26-29-32-35-41(2)48/h7-8,10-11,14-19,23-28,41-43,48H,3-6,9,12-13,20-22,29-40,47H2,1-2H3,(H,51,52)(H,53,54)/b8-7-,11-10-,17-14-,18-15-,19-16-,26-23-,27-24-,28-25-/t41-,42+,43-/m0/s1. The number of phosphoric ester groups is 1.